The maximum Gasteiger partial charge on any atom is 0.174 e. The summed E-state index contributed by atoms with van der Waals surface area (Å²) >= 11 is 5.63. The molecule has 4 nitrogen and oxygen atoms in total. The van der Waals surface area contributed by atoms with E-state index < -0.39 is 0 Å². The molecule has 0 aliphatic rings. The number of nitrogens with two attached hydrogens (primary N) is 1. The Morgan fingerprint density at radius 1 is 1.46 bits per heavy atom. The summed E-state index contributed by atoms with van der Waals surface area (Å²) in [5, 5.41) is 7.92. The number of nitrogens with zero attached hydrogens (tertiary/aromatic N) is 3. The fourth-order valence-electron chi connectivity index (χ4n) is 0.894. The zero-order valence-corrected chi connectivity index (χ0v) is 8.54. The molecule has 0 aliphatic carbocycles. The summed E-state index contributed by atoms with van der Waals surface area (Å²) in [7, 11) is 4.01. The molecule has 0 unspecified atom stereocenters. The highest BCUT2D eigenvalue weighted by atomic mass is 35.5. The minimum absolute atomic E-state index is 0.272. The van der Waals surface area contributed by atoms with Crippen molar-refractivity contribution in [1.82, 2.24) is 15.1 Å². The molecule has 1 aromatic heterocycles. The Morgan fingerprint density at radius 3 is 2.69 bits per heavy atom. The Labute approximate surface area is 82.7 Å². The molecule has 0 amide bonds. The second kappa shape index (κ2) is 4.39. The van der Waals surface area contributed by atoms with Crippen molar-refractivity contribution < 1.29 is 0 Å². The number of nitrogen functional groups attached to an aromatic ring is 1. The van der Waals surface area contributed by atoms with Gasteiger partial charge in [0, 0.05) is 13.0 Å². The van der Waals surface area contributed by atoms with Gasteiger partial charge in [0.25, 0.3) is 0 Å². The van der Waals surface area contributed by atoms with Crippen LogP contribution in [-0.4, -0.2) is 35.7 Å². The molecule has 0 spiro atoms. The van der Waals surface area contributed by atoms with E-state index in [4.69, 9.17) is 17.3 Å². The average Bonchev–Trinajstić information content (AvgIpc) is 2.07. The first-order valence-corrected chi connectivity index (χ1v) is 4.39. The standard InChI is InChI=1S/C8H13ClN4/c1-13(2)4-3-6-5-7(10)8(9)12-11-6/h5H,3-4H2,1-2H3,(H2,10,11). The second-order valence-corrected chi connectivity index (χ2v) is 3.49. The maximum absolute atomic E-state index is 5.63. The second-order valence-electron chi connectivity index (χ2n) is 3.14. The lowest BCUT2D eigenvalue weighted by atomic mass is 10.2. The molecule has 5 heteroatoms. The quantitative estimate of drug-likeness (QED) is 0.785. The summed E-state index contributed by atoms with van der Waals surface area (Å²) in [6, 6.07) is 1.76. The van der Waals surface area contributed by atoms with Crippen molar-refractivity contribution in [2.45, 2.75) is 6.42 Å². The molecule has 72 valence electrons. The molecule has 0 atom stereocenters. The molecular weight excluding hydrogens is 188 g/mol. The van der Waals surface area contributed by atoms with Crippen molar-refractivity contribution in [2.75, 3.05) is 26.4 Å². The van der Waals surface area contributed by atoms with Crippen LogP contribution in [0, 0.1) is 0 Å². The lowest BCUT2D eigenvalue weighted by Crippen LogP contribution is -2.16. The number of hydrogen-bond acceptors (Lipinski definition) is 4. The summed E-state index contributed by atoms with van der Waals surface area (Å²) in [6.45, 7) is 0.926. The smallest absolute Gasteiger partial charge is 0.174 e. The van der Waals surface area contributed by atoms with Gasteiger partial charge in [0.2, 0.25) is 0 Å². The van der Waals surface area contributed by atoms with E-state index >= 15 is 0 Å². The third-order valence-electron chi connectivity index (χ3n) is 1.64. The third kappa shape index (κ3) is 3.16. The summed E-state index contributed by atoms with van der Waals surface area (Å²) < 4.78 is 0. The molecule has 0 radical (unpaired) electrons. The molecule has 0 aromatic carbocycles. The zero-order chi connectivity index (χ0) is 9.84. The first-order valence-electron chi connectivity index (χ1n) is 4.02. The van der Waals surface area contributed by atoms with E-state index in [1.54, 1.807) is 6.07 Å². The van der Waals surface area contributed by atoms with Gasteiger partial charge in [-0.1, -0.05) is 11.6 Å². The minimum Gasteiger partial charge on any atom is -0.396 e. The van der Waals surface area contributed by atoms with Crippen LogP contribution in [0.1, 0.15) is 5.69 Å². The molecule has 0 fully saturated rings. The SMILES string of the molecule is CN(C)CCc1cc(N)c(Cl)nn1. The Balaban J connectivity index is 2.63. The fraction of sp³-hybridized carbons (Fsp3) is 0.500. The molecule has 1 rings (SSSR count). The van der Waals surface area contributed by atoms with E-state index in [0.717, 1.165) is 18.7 Å². The highest BCUT2D eigenvalue weighted by Gasteiger charge is 2.01. The molecule has 0 saturated carbocycles. The van der Waals surface area contributed by atoms with Gasteiger partial charge in [0.15, 0.2) is 5.15 Å². The molecular formula is C8H13ClN4. The molecule has 1 aromatic rings. The largest absolute Gasteiger partial charge is 0.396 e. The van der Waals surface area contributed by atoms with Gasteiger partial charge in [-0.25, -0.2) is 0 Å². The van der Waals surface area contributed by atoms with Crippen LogP contribution < -0.4 is 5.73 Å². The predicted octanol–water partition coefficient (Wildman–Crippen LogP) is 0.816. The highest BCUT2D eigenvalue weighted by molar-refractivity contribution is 6.31. The van der Waals surface area contributed by atoms with Gasteiger partial charge < -0.3 is 10.6 Å². The van der Waals surface area contributed by atoms with Crippen LogP contribution in [-0.2, 0) is 6.42 Å². The van der Waals surface area contributed by atoms with E-state index in [1.165, 1.54) is 0 Å². The fourth-order valence-corrected chi connectivity index (χ4v) is 0.986. The predicted molar refractivity (Wildman–Crippen MR) is 53.7 cm³/mol. The first-order chi connectivity index (χ1) is 6.09. The van der Waals surface area contributed by atoms with Crippen molar-refractivity contribution >= 4 is 17.3 Å². The van der Waals surface area contributed by atoms with Crippen molar-refractivity contribution in [3.05, 3.63) is 16.9 Å². The minimum atomic E-state index is 0.272. The van der Waals surface area contributed by atoms with Gasteiger partial charge in [-0.15, -0.1) is 5.10 Å². The van der Waals surface area contributed by atoms with E-state index in [2.05, 4.69) is 15.1 Å². The van der Waals surface area contributed by atoms with E-state index in [-0.39, 0.29) is 5.15 Å². The van der Waals surface area contributed by atoms with Gasteiger partial charge in [-0.05, 0) is 20.2 Å². The van der Waals surface area contributed by atoms with Crippen LogP contribution in [0.5, 0.6) is 0 Å². The summed E-state index contributed by atoms with van der Waals surface area (Å²) in [4.78, 5) is 2.08. The summed E-state index contributed by atoms with van der Waals surface area (Å²) in [5.74, 6) is 0. The zero-order valence-electron chi connectivity index (χ0n) is 7.79. The number of aromatic nitrogens is 2. The van der Waals surface area contributed by atoms with Crippen molar-refractivity contribution in [3.63, 3.8) is 0 Å². The van der Waals surface area contributed by atoms with Crippen LogP contribution in [0.25, 0.3) is 0 Å². The van der Waals surface area contributed by atoms with Gasteiger partial charge in [-0.2, -0.15) is 5.10 Å². The van der Waals surface area contributed by atoms with E-state index in [0.29, 0.717) is 5.69 Å². The number of hydrogen-bond donors (Lipinski definition) is 1. The number of likely N-dealkylation sites (N-methyl/N-ethyl adjacent to an activating group) is 1. The Kier molecular flexibility index (Phi) is 3.45. The monoisotopic (exact) mass is 200 g/mol. The third-order valence-corrected chi connectivity index (χ3v) is 1.94. The first kappa shape index (κ1) is 10.2. The lowest BCUT2D eigenvalue weighted by molar-refractivity contribution is 0.411. The number of rotatable bonds is 3. The lowest BCUT2D eigenvalue weighted by Gasteiger charge is -2.08. The molecule has 0 aliphatic heterocycles. The van der Waals surface area contributed by atoms with Crippen LogP contribution in [0.2, 0.25) is 5.15 Å². The highest BCUT2D eigenvalue weighted by Crippen LogP contribution is 2.14. The van der Waals surface area contributed by atoms with Crippen LogP contribution in [0.3, 0.4) is 0 Å². The Morgan fingerprint density at radius 2 is 2.15 bits per heavy atom. The van der Waals surface area contributed by atoms with E-state index in [1.807, 2.05) is 14.1 Å². The Bertz CT molecular complexity index is 287. The number of halogens is 1. The average molecular weight is 201 g/mol. The molecule has 0 bridgehead atoms. The van der Waals surface area contributed by atoms with Crippen molar-refractivity contribution in [2.24, 2.45) is 0 Å². The normalized spacial score (nSPS) is 10.8. The van der Waals surface area contributed by atoms with Crippen molar-refractivity contribution in [3.8, 4) is 0 Å². The molecule has 13 heavy (non-hydrogen) atoms. The van der Waals surface area contributed by atoms with Gasteiger partial charge in [0.1, 0.15) is 0 Å². The number of anilines is 1. The maximum atomic E-state index is 5.63. The van der Waals surface area contributed by atoms with Gasteiger partial charge in [0.05, 0.1) is 11.4 Å². The van der Waals surface area contributed by atoms with E-state index in [9.17, 15) is 0 Å². The van der Waals surface area contributed by atoms with Crippen LogP contribution in [0.4, 0.5) is 5.69 Å². The molecule has 0 saturated heterocycles. The van der Waals surface area contributed by atoms with Gasteiger partial charge >= 0.3 is 0 Å². The molecule has 1 heterocycles. The van der Waals surface area contributed by atoms with Crippen LogP contribution in [0.15, 0.2) is 6.07 Å². The topological polar surface area (TPSA) is 55.0 Å². The van der Waals surface area contributed by atoms with Gasteiger partial charge in [-0.3, -0.25) is 0 Å². The molecule has 2 N–H and O–H groups in total. The van der Waals surface area contributed by atoms with Crippen LogP contribution >= 0.6 is 11.6 Å². The van der Waals surface area contributed by atoms with Crippen molar-refractivity contribution in [1.29, 1.82) is 0 Å². The summed E-state index contributed by atoms with van der Waals surface area (Å²) in [6.07, 6.45) is 0.835. The Hall–Kier alpha value is -0.870. The summed E-state index contributed by atoms with van der Waals surface area (Å²) in [5.41, 5.74) is 6.94.